The van der Waals surface area contributed by atoms with Crippen LogP contribution in [0.3, 0.4) is 0 Å². The number of rotatable bonds is 5. The molecule has 2 aliphatic rings. The first-order valence-corrected chi connectivity index (χ1v) is 14.0. The van der Waals surface area contributed by atoms with E-state index < -0.39 is 10.0 Å². The zero-order valence-electron chi connectivity index (χ0n) is 21.1. The van der Waals surface area contributed by atoms with Crippen molar-refractivity contribution in [2.45, 2.75) is 35.9 Å². The average Bonchev–Trinajstić information content (AvgIpc) is 3.34. The van der Waals surface area contributed by atoms with Gasteiger partial charge in [0.2, 0.25) is 0 Å². The van der Waals surface area contributed by atoms with E-state index in [0.717, 1.165) is 41.8 Å². The number of methoxy groups -OCH3 is 1. The van der Waals surface area contributed by atoms with E-state index in [1.54, 1.807) is 29.2 Å². The number of imidazole rings is 1. The molecule has 3 atom stereocenters. The molecule has 0 amide bonds. The van der Waals surface area contributed by atoms with E-state index in [-0.39, 0.29) is 29.6 Å². The highest BCUT2D eigenvalue weighted by Crippen LogP contribution is 2.42. The number of nitrogens with zero attached hydrogens (tertiary/aromatic N) is 4. The number of aryl methyl sites for hydroxylation is 1. The highest BCUT2D eigenvalue weighted by Gasteiger charge is 2.50. The van der Waals surface area contributed by atoms with E-state index in [1.807, 2.05) is 36.4 Å². The van der Waals surface area contributed by atoms with Crippen molar-refractivity contribution in [2.24, 2.45) is 7.05 Å². The minimum absolute atomic E-state index is 0.00725. The highest BCUT2D eigenvalue weighted by molar-refractivity contribution is 7.89. The highest BCUT2D eigenvalue weighted by atomic mass is 32.2. The molecule has 8 nitrogen and oxygen atoms in total. The zero-order chi connectivity index (χ0) is 26.0. The Hall–Kier alpha value is -3.16. The minimum atomic E-state index is -3.69. The van der Waals surface area contributed by atoms with Gasteiger partial charge in [-0.15, -0.1) is 0 Å². The number of hydrogen-bond donors (Lipinski definition) is 1. The first kappa shape index (κ1) is 25.5. The van der Waals surface area contributed by atoms with Crippen molar-refractivity contribution in [1.82, 2.24) is 18.8 Å². The van der Waals surface area contributed by atoms with E-state index in [1.165, 1.54) is 6.33 Å². The van der Waals surface area contributed by atoms with Gasteiger partial charge < -0.3 is 14.4 Å². The smallest absolute Gasteiger partial charge is 0.262 e. The van der Waals surface area contributed by atoms with E-state index in [2.05, 4.69) is 33.9 Å². The van der Waals surface area contributed by atoms with Crippen molar-refractivity contribution < 1.29 is 18.3 Å². The quantitative estimate of drug-likeness (QED) is 0.520. The van der Waals surface area contributed by atoms with Crippen LogP contribution < -0.4 is 4.74 Å². The summed E-state index contributed by atoms with van der Waals surface area (Å²) in [6.45, 7) is 1.74. The summed E-state index contributed by atoms with van der Waals surface area (Å²) in [7, 11) is -0.291. The fourth-order valence-electron chi connectivity index (χ4n) is 5.39. The summed E-state index contributed by atoms with van der Waals surface area (Å²) in [6.07, 6.45) is 4.72. The molecule has 9 heteroatoms. The molecule has 0 spiro atoms. The molecule has 0 bridgehead atoms. The lowest BCUT2D eigenvalue weighted by Gasteiger charge is -2.57. The monoisotopic (exact) mass is 520 g/mol. The van der Waals surface area contributed by atoms with E-state index >= 15 is 0 Å². The molecule has 194 valence electrons. The topological polar surface area (TPSA) is 87.9 Å². The molecule has 3 heterocycles. The van der Waals surface area contributed by atoms with Crippen LogP contribution in [-0.4, -0.2) is 77.7 Å². The largest absolute Gasteiger partial charge is 0.497 e. The summed E-state index contributed by atoms with van der Waals surface area (Å²) in [5.41, 5.74) is 2.89. The molecule has 0 saturated carbocycles. The Kier molecular flexibility index (Phi) is 7.36. The summed E-state index contributed by atoms with van der Waals surface area (Å²) in [5, 5.41) is 10.3. The third-order valence-electron chi connectivity index (χ3n) is 7.35. The summed E-state index contributed by atoms with van der Waals surface area (Å²) >= 11 is 0. The number of aromatic nitrogens is 2. The number of aliphatic hydroxyl groups excluding tert-OH is 1. The number of benzene rings is 2. The van der Waals surface area contributed by atoms with Gasteiger partial charge in [0.25, 0.3) is 10.0 Å². The van der Waals surface area contributed by atoms with E-state index in [4.69, 9.17) is 4.74 Å². The number of hydrogen-bond acceptors (Lipinski definition) is 6. The van der Waals surface area contributed by atoms with Crippen molar-refractivity contribution in [2.75, 3.05) is 33.4 Å². The fraction of sp³-hybridized carbons (Fsp3) is 0.393. The number of aliphatic hydroxyl groups is 1. The molecule has 0 radical (unpaired) electrons. The summed E-state index contributed by atoms with van der Waals surface area (Å²) in [6, 6.07) is 15.7. The molecule has 0 unspecified atom stereocenters. The number of sulfonamides is 1. The van der Waals surface area contributed by atoms with Crippen LogP contribution in [0, 0.1) is 11.8 Å². The van der Waals surface area contributed by atoms with Crippen molar-refractivity contribution in [3.05, 3.63) is 77.7 Å². The molecule has 2 aliphatic heterocycles. The van der Waals surface area contributed by atoms with E-state index in [0.29, 0.717) is 13.1 Å². The van der Waals surface area contributed by atoms with Crippen LogP contribution in [0.25, 0.3) is 0 Å². The summed E-state index contributed by atoms with van der Waals surface area (Å²) < 4.78 is 35.1. The molecular weight excluding hydrogens is 488 g/mol. The van der Waals surface area contributed by atoms with Gasteiger partial charge in [-0.3, -0.25) is 4.90 Å². The molecule has 3 aromatic rings. The fourth-order valence-corrected chi connectivity index (χ4v) is 6.85. The molecule has 37 heavy (non-hydrogen) atoms. The standard InChI is InChI=1S/C28H32N4O4S/c1-30-18-27(29-20-30)37(34,35)31-15-3-4-16-32-25(17-31)28(26(32)19-33)23-11-7-21(8-12-23)5-6-22-9-13-24(36-2)14-10-22/h7-14,18,20,25-26,28,33H,3-4,15-17,19H2,1-2H3/t25-,26-,28-/m1/s1. The van der Waals surface area contributed by atoms with Gasteiger partial charge >= 0.3 is 0 Å². The molecule has 5 rings (SSSR count). The molecule has 2 fully saturated rings. The van der Waals surface area contributed by atoms with Gasteiger partial charge in [0.15, 0.2) is 5.03 Å². The molecule has 1 N–H and O–H groups in total. The molecular formula is C28H32N4O4S. The lowest BCUT2D eigenvalue weighted by molar-refractivity contribution is -0.0554. The number of fused-ring (bicyclic) bond motifs is 1. The first-order chi connectivity index (χ1) is 17.9. The molecule has 2 saturated heterocycles. The molecule has 1 aromatic heterocycles. The maximum Gasteiger partial charge on any atom is 0.262 e. The summed E-state index contributed by atoms with van der Waals surface area (Å²) in [5.74, 6) is 7.20. The summed E-state index contributed by atoms with van der Waals surface area (Å²) in [4.78, 5) is 6.37. The minimum Gasteiger partial charge on any atom is -0.497 e. The average molecular weight is 521 g/mol. The van der Waals surface area contributed by atoms with Gasteiger partial charge in [-0.05, 0) is 61.3 Å². The normalized spacial score (nSPS) is 22.6. The lowest BCUT2D eigenvalue weighted by atomic mass is 9.74. The Morgan fingerprint density at radius 1 is 1.03 bits per heavy atom. The number of ether oxygens (including phenoxy) is 1. The Balaban J connectivity index is 1.36. The van der Waals surface area contributed by atoms with Crippen LogP contribution in [0.1, 0.15) is 35.4 Å². The Bertz CT molecular complexity index is 1390. The Morgan fingerprint density at radius 2 is 1.68 bits per heavy atom. The third-order valence-corrected chi connectivity index (χ3v) is 9.11. The van der Waals surface area contributed by atoms with Crippen LogP contribution in [0.4, 0.5) is 0 Å². The maximum absolute atomic E-state index is 13.4. The van der Waals surface area contributed by atoms with Gasteiger partial charge in [0.1, 0.15) is 5.75 Å². The predicted molar refractivity (Wildman–Crippen MR) is 141 cm³/mol. The third kappa shape index (κ3) is 5.15. The van der Waals surface area contributed by atoms with Crippen molar-refractivity contribution in [3.63, 3.8) is 0 Å². The van der Waals surface area contributed by atoms with Crippen LogP contribution in [0.5, 0.6) is 5.75 Å². The van der Waals surface area contributed by atoms with Gasteiger partial charge in [0.05, 0.1) is 20.0 Å². The Morgan fingerprint density at radius 3 is 2.27 bits per heavy atom. The lowest BCUT2D eigenvalue weighted by Crippen LogP contribution is -2.67. The van der Waals surface area contributed by atoms with Crippen LogP contribution >= 0.6 is 0 Å². The molecule has 2 aromatic carbocycles. The van der Waals surface area contributed by atoms with Gasteiger partial charge in [0, 0.05) is 55.5 Å². The van der Waals surface area contributed by atoms with Crippen LogP contribution in [0.2, 0.25) is 0 Å². The first-order valence-electron chi connectivity index (χ1n) is 12.5. The van der Waals surface area contributed by atoms with Crippen molar-refractivity contribution in [3.8, 4) is 17.6 Å². The molecule has 0 aliphatic carbocycles. The van der Waals surface area contributed by atoms with Crippen LogP contribution in [0.15, 0.2) is 66.1 Å². The second-order valence-electron chi connectivity index (χ2n) is 9.63. The maximum atomic E-state index is 13.4. The SMILES string of the molecule is COc1ccc(C#Cc2ccc([C@H]3[C@@H](CO)N4CCCCN(S(=O)(=O)c5cn(C)cn5)C[C@H]34)cc2)cc1. The predicted octanol–water partition coefficient (Wildman–Crippen LogP) is 2.44. The van der Waals surface area contributed by atoms with Gasteiger partial charge in [-0.2, -0.15) is 4.31 Å². The second kappa shape index (κ2) is 10.7. The second-order valence-corrected chi connectivity index (χ2v) is 11.5. The van der Waals surface area contributed by atoms with Crippen molar-refractivity contribution >= 4 is 10.0 Å². The van der Waals surface area contributed by atoms with Gasteiger partial charge in [-0.25, -0.2) is 13.4 Å². The van der Waals surface area contributed by atoms with Gasteiger partial charge in [-0.1, -0.05) is 24.0 Å². The van der Waals surface area contributed by atoms with E-state index in [9.17, 15) is 13.5 Å². The Labute approximate surface area is 218 Å². The van der Waals surface area contributed by atoms with Crippen molar-refractivity contribution in [1.29, 1.82) is 0 Å². The zero-order valence-corrected chi connectivity index (χ0v) is 21.9. The van der Waals surface area contributed by atoms with Crippen LogP contribution in [-0.2, 0) is 17.1 Å².